The number of nitrogens with two attached hydrogens (primary N) is 1. The summed E-state index contributed by atoms with van der Waals surface area (Å²) in [7, 11) is 0. The predicted octanol–water partition coefficient (Wildman–Crippen LogP) is 4.10. The lowest BCUT2D eigenvalue weighted by molar-refractivity contribution is 0.102. The highest BCUT2D eigenvalue weighted by molar-refractivity contribution is 6.31. The van der Waals surface area contributed by atoms with Crippen LogP contribution in [-0.4, -0.2) is 5.91 Å². The van der Waals surface area contributed by atoms with E-state index in [-0.39, 0.29) is 5.91 Å². The predicted molar refractivity (Wildman–Crippen MR) is 84.5 cm³/mol. The molecule has 0 radical (unpaired) electrons. The van der Waals surface area contributed by atoms with Crippen molar-refractivity contribution in [3.8, 4) is 0 Å². The third-order valence-corrected chi connectivity index (χ3v) is 3.69. The van der Waals surface area contributed by atoms with Gasteiger partial charge in [0, 0.05) is 10.6 Å². The minimum Gasteiger partial charge on any atom is -0.397 e. The lowest BCUT2D eigenvalue weighted by Gasteiger charge is -2.14. The Morgan fingerprint density at radius 3 is 2.45 bits per heavy atom. The fourth-order valence-corrected chi connectivity index (χ4v) is 2.19. The Morgan fingerprint density at radius 2 is 1.75 bits per heavy atom. The zero-order valence-corrected chi connectivity index (χ0v) is 12.5. The summed E-state index contributed by atoms with van der Waals surface area (Å²) in [4.78, 5) is 12.4. The molecule has 2 aromatic carbocycles. The fraction of sp³-hybridized carbons (Fsp3) is 0.188. The zero-order chi connectivity index (χ0) is 14.9. The number of anilines is 2. The molecular formula is C16H17ClN2O. The van der Waals surface area contributed by atoms with Gasteiger partial charge in [0.1, 0.15) is 0 Å². The molecule has 2 aromatic rings. The van der Waals surface area contributed by atoms with Crippen LogP contribution in [0.1, 0.15) is 27.0 Å². The monoisotopic (exact) mass is 288 g/mol. The Labute approximate surface area is 123 Å². The van der Waals surface area contributed by atoms with Gasteiger partial charge in [0.2, 0.25) is 0 Å². The second-order valence-corrected chi connectivity index (χ2v) is 5.32. The van der Waals surface area contributed by atoms with Crippen molar-refractivity contribution in [2.45, 2.75) is 20.8 Å². The molecule has 0 bridgehead atoms. The lowest BCUT2D eigenvalue weighted by atomic mass is 10.0. The van der Waals surface area contributed by atoms with Crippen molar-refractivity contribution in [2.24, 2.45) is 0 Å². The largest absolute Gasteiger partial charge is 0.397 e. The highest BCUT2D eigenvalue weighted by atomic mass is 35.5. The van der Waals surface area contributed by atoms with Gasteiger partial charge in [0.25, 0.3) is 5.91 Å². The molecule has 0 aliphatic rings. The quantitative estimate of drug-likeness (QED) is 0.818. The number of amides is 1. The number of nitrogen functional groups attached to an aromatic ring is 1. The Bertz CT molecular complexity index is 680. The molecule has 0 aromatic heterocycles. The average molecular weight is 289 g/mol. The first-order valence-corrected chi connectivity index (χ1v) is 6.71. The number of nitrogens with one attached hydrogen (secondary N) is 1. The molecule has 104 valence electrons. The van der Waals surface area contributed by atoms with Crippen LogP contribution in [0.5, 0.6) is 0 Å². The van der Waals surface area contributed by atoms with Gasteiger partial charge >= 0.3 is 0 Å². The number of hydrogen-bond donors (Lipinski definition) is 2. The van der Waals surface area contributed by atoms with E-state index in [1.807, 2.05) is 32.9 Å². The molecule has 0 saturated carbocycles. The fourth-order valence-electron chi connectivity index (χ4n) is 2.02. The van der Waals surface area contributed by atoms with Crippen molar-refractivity contribution >= 4 is 28.9 Å². The number of hydrogen-bond acceptors (Lipinski definition) is 2. The Hall–Kier alpha value is -2.00. The maximum absolute atomic E-state index is 12.4. The molecule has 0 fully saturated rings. The van der Waals surface area contributed by atoms with Gasteiger partial charge in [-0.15, -0.1) is 0 Å². The molecule has 3 nitrogen and oxygen atoms in total. The summed E-state index contributed by atoms with van der Waals surface area (Å²) in [6.45, 7) is 5.79. The van der Waals surface area contributed by atoms with Crippen molar-refractivity contribution in [3.05, 3.63) is 57.6 Å². The smallest absolute Gasteiger partial charge is 0.256 e. The molecule has 0 unspecified atom stereocenters. The van der Waals surface area contributed by atoms with E-state index in [0.29, 0.717) is 22.0 Å². The summed E-state index contributed by atoms with van der Waals surface area (Å²) in [5.41, 5.74) is 10.6. The average Bonchev–Trinajstić information content (AvgIpc) is 2.41. The topological polar surface area (TPSA) is 55.1 Å². The zero-order valence-electron chi connectivity index (χ0n) is 11.8. The van der Waals surface area contributed by atoms with E-state index < -0.39 is 0 Å². The molecular weight excluding hydrogens is 272 g/mol. The molecule has 0 aliphatic carbocycles. The van der Waals surface area contributed by atoms with Crippen molar-refractivity contribution in [1.29, 1.82) is 0 Å². The number of carbonyl (C=O) groups excluding carboxylic acids is 1. The lowest BCUT2D eigenvalue weighted by Crippen LogP contribution is -2.15. The van der Waals surface area contributed by atoms with Gasteiger partial charge in [-0.05, 0) is 55.7 Å². The first-order chi connectivity index (χ1) is 9.40. The first kappa shape index (κ1) is 14.4. The Kier molecular flexibility index (Phi) is 4.00. The molecule has 0 saturated heterocycles. The third kappa shape index (κ3) is 2.78. The highest BCUT2D eigenvalue weighted by Crippen LogP contribution is 2.27. The number of halogens is 1. The summed E-state index contributed by atoms with van der Waals surface area (Å²) in [5.74, 6) is -0.203. The summed E-state index contributed by atoms with van der Waals surface area (Å²) in [6.07, 6.45) is 0. The second-order valence-electron chi connectivity index (χ2n) is 4.89. The highest BCUT2D eigenvalue weighted by Gasteiger charge is 2.13. The van der Waals surface area contributed by atoms with Crippen LogP contribution in [0.3, 0.4) is 0 Å². The van der Waals surface area contributed by atoms with Gasteiger partial charge in [-0.2, -0.15) is 0 Å². The maximum atomic E-state index is 12.4. The number of benzene rings is 2. The van der Waals surface area contributed by atoms with E-state index in [1.165, 1.54) is 0 Å². The first-order valence-electron chi connectivity index (χ1n) is 6.33. The maximum Gasteiger partial charge on any atom is 0.256 e. The molecule has 3 N–H and O–H groups in total. The van der Waals surface area contributed by atoms with Crippen molar-refractivity contribution in [3.63, 3.8) is 0 Å². The van der Waals surface area contributed by atoms with Gasteiger partial charge in [0.15, 0.2) is 0 Å². The van der Waals surface area contributed by atoms with Crippen molar-refractivity contribution < 1.29 is 4.79 Å². The molecule has 4 heteroatoms. The van der Waals surface area contributed by atoms with Crippen LogP contribution in [0.25, 0.3) is 0 Å². The van der Waals surface area contributed by atoms with Gasteiger partial charge in [-0.3, -0.25) is 4.79 Å². The number of aryl methyl sites for hydroxylation is 2. The minimum atomic E-state index is -0.203. The molecule has 0 heterocycles. The summed E-state index contributed by atoms with van der Waals surface area (Å²) < 4.78 is 0. The van der Waals surface area contributed by atoms with Crippen LogP contribution in [0, 0.1) is 20.8 Å². The van der Waals surface area contributed by atoms with E-state index in [2.05, 4.69) is 5.32 Å². The molecule has 0 aliphatic heterocycles. The van der Waals surface area contributed by atoms with Crippen LogP contribution in [0.4, 0.5) is 11.4 Å². The molecule has 20 heavy (non-hydrogen) atoms. The van der Waals surface area contributed by atoms with Gasteiger partial charge in [0.05, 0.1) is 11.4 Å². The molecule has 2 rings (SSSR count). The van der Waals surface area contributed by atoms with Crippen LogP contribution in [-0.2, 0) is 0 Å². The van der Waals surface area contributed by atoms with Crippen LogP contribution >= 0.6 is 11.6 Å². The Morgan fingerprint density at radius 1 is 1.10 bits per heavy atom. The standard InChI is InChI=1S/C16H17ClN2O/c1-9-5-7-14(18)15(11(9)3)19-16(20)13-8-12(17)6-4-10(13)2/h4-8H,18H2,1-3H3,(H,19,20). The molecule has 1 amide bonds. The van der Waals surface area contributed by atoms with Gasteiger partial charge in [-0.25, -0.2) is 0 Å². The van der Waals surface area contributed by atoms with E-state index in [0.717, 1.165) is 16.7 Å². The summed E-state index contributed by atoms with van der Waals surface area (Å²) in [5, 5.41) is 3.42. The van der Waals surface area contributed by atoms with Gasteiger partial charge < -0.3 is 11.1 Å². The van der Waals surface area contributed by atoms with Gasteiger partial charge in [-0.1, -0.05) is 23.7 Å². The normalized spacial score (nSPS) is 10.4. The number of carbonyl (C=O) groups is 1. The third-order valence-electron chi connectivity index (χ3n) is 3.45. The van der Waals surface area contributed by atoms with E-state index in [9.17, 15) is 4.79 Å². The van der Waals surface area contributed by atoms with E-state index in [1.54, 1.807) is 18.2 Å². The van der Waals surface area contributed by atoms with Crippen LogP contribution < -0.4 is 11.1 Å². The van der Waals surface area contributed by atoms with E-state index >= 15 is 0 Å². The van der Waals surface area contributed by atoms with Crippen LogP contribution in [0.2, 0.25) is 5.02 Å². The second kappa shape index (κ2) is 5.55. The molecule has 0 spiro atoms. The minimum absolute atomic E-state index is 0.203. The van der Waals surface area contributed by atoms with E-state index in [4.69, 9.17) is 17.3 Å². The number of rotatable bonds is 2. The summed E-state index contributed by atoms with van der Waals surface area (Å²) >= 11 is 5.95. The van der Waals surface area contributed by atoms with Crippen LogP contribution in [0.15, 0.2) is 30.3 Å². The van der Waals surface area contributed by atoms with Crippen molar-refractivity contribution in [1.82, 2.24) is 0 Å². The summed E-state index contributed by atoms with van der Waals surface area (Å²) in [6, 6.07) is 8.98. The molecule has 0 atom stereocenters. The van der Waals surface area contributed by atoms with Crippen molar-refractivity contribution in [2.75, 3.05) is 11.1 Å². The Balaban J connectivity index is 2.38. The SMILES string of the molecule is Cc1ccc(Cl)cc1C(=O)Nc1c(N)ccc(C)c1C.